The van der Waals surface area contributed by atoms with Crippen LogP contribution < -0.4 is 20.7 Å². The third-order valence-corrected chi connectivity index (χ3v) is 5.98. The highest BCUT2D eigenvalue weighted by atomic mass is 19.1. The van der Waals surface area contributed by atoms with E-state index >= 15 is 0 Å². The summed E-state index contributed by atoms with van der Waals surface area (Å²) >= 11 is 0. The van der Waals surface area contributed by atoms with Crippen LogP contribution in [0.4, 0.5) is 16.0 Å². The van der Waals surface area contributed by atoms with Gasteiger partial charge in [0.25, 0.3) is 0 Å². The SMILES string of the molecule is CCOc1nc(NCc2ccc(F)cc2)nc2ccc(-c3ccc(NC(=O)C4CCCN4)cc3)nc12. The number of carbonyl (C=O) groups is 1. The fourth-order valence-corrected chi connectivity index (χ4v) is 4.11. The first-order chi connectivity index (χ1) is 17.6. The molecule has 0 bridgehead atoms. The number of carbonyl (C=O) groups excluding carboxylic acids is 1. The molecule has 0 aliphatic carbocycles. The molecule has 36 heavy (non-hydrogen) atoms. The van der Waals surface area contributed by atoms with Gasteiger partial charge in [-0.25, -0.2) is 14.4 Å². The molecule has 1 atom stereocenters. The topological polar surface area (TPSA) is 101 Å². The number of nitrogens with one attached hydrogen (secondary N) is 3. The Morgan fingerprint density at radius 1 is 1.06 bits per heavy atom. The number of aromatic nitrogens is 3. The van der Waals surface area contributed by atoms with Crippen LogP contribution in [0.25, 0.3) is 22.3 Å². The normalized spacial score (nSPS) is 15.1. The predicted octanol–water partition coefficient (Wildman–Crippen LogP) is 4.53. The third-order valence-electron chi connectivity index (χ3n) is 5.98. The Morgan fingerprint density at radius 2 is 1.86 bits per heavy atom. The molecule has 0 saturated carbocycles. The van der Waals surface area contributed by atoms with Crippen molar-refractivity contribution in [3.05, 3.63) is 72.0 Å². The Morgan fingerprint density at radius 3 is 2.58 bits per heavy atom. The molecule has 2 aromatic heterocycles. The van der Waals surface area contributed by atoms with Crippen LogP contribution in [0.2, 0.25) is 0 Å². The van der Waals surface area contributed by atoms with Crippen molar-refractivity contribution in [1.29, 1.82) is 0 Å². The van der Waals surface area contributed by atoms with Crippen LogP contribution in [0.1, 0.15) is 25.3 Å². The van der Waals surface area contributed by atoms with E-state index in [2.05, 4.69) is 25.9 Å². The number of amides is 1. The van der Waals surface area contributed by atoms with Crippen molar-refractivity contribution in [2.75, 3.05) is 23.8 Å². The van der Waals surface area contributed by atoms with Crippen molar-refractivity contribution < 1.29 is 13.9 Å². The zero-order valence-electron chi connectivity index (χ0n) is 19.9. The van der Waals surface area contributed by atoms with Gasteiger partial charge in [-0.05, 0) is 68.3 Å². The summed E-state index contributed by atoms with van der Waals surface area (Å²) in [5, 5.41) is 9.34. The fourth-order valence-electron chi connectivity index (χ4n) is 4.11. The maximum atomic E-state index is 13.2. The van der Waals surface area contributed by atoms with E-state index in [-0.39, 0.29) is 17.8 Å². The Labute approximate surface area is 208 Å². The Hall–Kier alpha value is -4.11. The molecule has 2 aromatic carbocycles. The quantitative estimate of drug-likeness (QED) is 0.336. The van der Waals surface area contributed by atoms with Gasteiger partial charge in [-0.1, -0.05) is 24.3 Å². The lowest BCUT2D eigenvalue weighted by molar-refractivity contribution is -0.117. The highest BCUT2D eigenvalue weighted by molar-refractivity contribution is 5.95. The van der Waals surface area contributed by atoms with E-state index in [9.17, 15) is 9.18 Å². The Kier molecular flexibility index (Phi) is 6.99. The number of fused-ring (bicyclic) bond motifs is 1. The first-order valence-corrected chi connectivity index (χ1v) is 12.0. The van der Waals surface area contributed by atoms with Crippen LogP contribution in [0.3, 0.4) is 0 Å². The first-order valence-electron chi connectivity index (χ1n) is 12.0. The van der Waals surface area contributed by atoms with Gasteiger partial charge in [-0.2, -0.15) is 4.98 Å². The number of ether oxygens (including phenoxy) is 1. The number of hydrogen-bond acceptors (Lipinski definition) is 7. The van der Waals surface area contributed by atoms with Crippen molar-refractivity contribution in [2.45, 2.75) is 32.4 Å². The van der Waals surface area contributed by atoms with E-state index in [0.717, 1.165) is 41.9 Å². The van der Waals surface area contributed by atoms with Crippen LogP contribution in [0.15, 0.2) is 60.7 Å². The molecule has 1 saturated heterocycles. The van der Waals surface area contributed by atoms with E-state index in [4.69, 9.17) is 9.72 Å². The summed E-state index contributed by atoms with van der Waals surface area (Å²) in [6.45, 7) is 3.64. The molecular weight excluding hydrogens is 459 g/mol. The zero-order chi connectivity index (χ0) is 24.9. The van der Waals surface area contributed by atoms with E-state index in [1.807, 2.05) is 43.3 Å². The smallest absolute Gasteiger partial charge is 0.245 e. The molecule has 1 aliphatic rings. The van der Waals surface area contributed by atoms with Gasteiger partial charge in [-0.3, -0.25) is 4.79 Å². The van der Waals surface area contributed by atoms with Crippen LogP contribution in [0, 0.1) is 5.82 Å². The number of hydrogen-bond donors (Lipinski definition) is 3. The molecule has 4 aromatic rings. The molecule has 5 rings (SSSR count). The second-order valence-electron chi connectivity index (χ2n) is 8.55. The average molecular weight is 487 g/mol. The van der Waals surface area contributed by atoms with Gasteiger partial charge >= 0.3 is 0 Å². The molecule has 0 radical (unpaired) electrons. The number of pyridine rings is 1. The lowest BCUT2D eigenvalue weighted by atomic mass is 10.1. The second-order valence-corrected chi connectivity index (χ2v) is 8.55. The second kappa shape index (κ2) is 10.7. The number of nitrogens with zero attached hydrogens (tertiary/aromatic N) is 3. The highest BCUT2D eigenvalue weighted by Crippen LogP contribution is 2.27. The number of rotatable bonds is 8. The molecule has 0 spiro atoms. The van der Waals surface area contributed by atoms with Crippen molar-refractivity contribution in [3.63, 3.8) is 0 Å². The van der Waals surface area contributed by atoms with Gasteiger partial charge in [-0.15, -0.1) is 0 Å². The average Bonchev–Trinajstić information content (AvgIpc) is 3.44. The van der Waals surface area contributed by atoms with Crippen LogP contribution in [-0.2, 0) is 11.3 Å². The van der Waals surface area contributed by atoms with E-state index in [0.29, 0.717) is 36.0 Å². The number of benzene rings is 2. The van der Waals surface area contributed by atoms with E-state index in [1.165, 1.54) is 12.1 Å². The fraction of sp³-hybridized carbons (Fsp3) is 0.259. The molecule has 1 fully saturated rings. The van der Waals surface area contributed by atoms with Crippen molar-refractivity contribution in [1.82, 2.24) is 20.3 Å². The minimum atomic E-state index is -0.276. The van der Waals surface area contributed by atoms with Crippen molar-refractivity contribution in [3.8, 4) is 17.1 Å². The largest absolute Gasteiger partial charge is 0.476 e. The maximum Gasteiger partial charge on any atom is 0.245 e. The summed E-state index contributed by atoms with van der Waals surface area (Å²) in [7, 11) is 0. The Bertz CT molecular complexity index is 1360. The van der Waals surface area contributed by atoms with Gasteiger partial charge < -0.3 is 20.7 Å². The molecule has 1 unspecified atom stereocenters. The lowest BCUT2D eigenvalue weighted by Gasteiger charge is -2.12. The summed E-state index contributed by atoms with van der Waals surface area (Å²) in [4.78, 5) is 26.2. The lowest BCUT2D eigenvalue weighted by Crippen LogP contribution is -2.35. The summed E-state index contributed by atoms with van der Waals surface area (Å²) in [5.41, 5.74) is 4.50. The van der Waals surface area contributed by atoms with E-state index < -0.39 is 0 Å². The van der Waals surface area contributed by atoms with Gasteiger partial charge in [0.15, 0.2) is 5.52 Å². The minimum Gasteiger partial charge on any atom is -0.476 e. The van der Waals surface area contributed by atoms with E-state index in [1.54, 1.807) is 12.1 Å². The van der Waals surface area contributed by atoms with Crippen LogP contribution >= 0.6 is 0 Å². The molecule has 184 valence electrons. The van der Waals surface area contributed by atoms with Gasteiger partial charge in [0.1, 0.15) is 5.82 Å². The molecule has 3 N–H and O–H groups in total. The monoisotopic (exact) mass is 486 g/mol. The molecule has 3 heterocycles. The van der Waals surface area contributed by atoms with Crippen molar-refractivity contribution >= 4 is 28.6 Å². The zero-order valence-corrected chi connectivity index (χ0v) is 19.9. The highest BCUT2D eigenvalue weighted by Gasteiger charge is 2.21. The molecule has 1 amide bonds. The van der Waals surface area contributed by atoms with Gasteiger partial charge in [0.05, 0.1) is 23.9 Å². The Balaban J connectivity index is 1.35. The number of halogens is 1. The standard InChI is InChI=1S/C27H27FN6O2/c1-2-36-26-24-22(33-27(34-26)30-16-17-5-9-19(28)10-6-17)14-13-21(32-24)18-7-11-20(12-8-18)31-25(35)23-4-3-15-29-23/h5-14,23,29H,2-4,15-16H2,1H3,(H,31,35)(H,30,33,34). The predicted molar refractivity (Wildman–Crippen MR) is 137 cm³/mol. The summed E-state index contributed by atoms with van der Waals surface area (Å²) in [6, 6.07) is 17.5. The maximum absolute atomic E-state index is 13.2. The summed E-state index contributed by atoms with van der Waals surface area (Å²) in [6.07, 6.45) is 1.88. The summed E-state index contributed by atoms with van der Waals surface area (Å²) in [5.74, 6) is 0.508. The molecule has 9 heteroatoms. The number of anilines is 2. The first kappa shape index (κ1) is 23.6. The molecule has 8 nitrogen and oxygen atoms in total. The molecular formula is C27H27FN6O2. The van der Waals surface area contributed by atoms with Gasteiger partial charge in [0, 0.05) is 17.8 Å². The van der Waals surface area contributed by atoms with Crippen LogP contribution in [0.5, 0.6) is 5.88 Å². The molecule has 1 aliphatic heterocycles. The minimum absolute atomic E-state index is 0.00794. The van der Waals surface area contributed by atoms with Crippen LogP contribution in [-0.4, -0.2) is 40.1 Å². The van der Waals surface area contributed by atoms with Crippen molar-refractivity contribution in [2.24, 2.45) is 0 Å². The van der Waals surface area contributed by atoms with Gasteiger partial charge in [0.2, 0.25) is 17.7 Å². The third kappa shape index (κ3) is 5.41. The summed E-state index contributed by atoms with van der Waals surface area (Å²) < 4.78 is 18.9.